The van der Waals surface area contributed by atoms with Crippen molar-refractivity contribution in [3.63, 3.8) is 0 Å². The molecule has 3 amide bonds. The minimum Gasteiger partial charge on any atom is -0.390 e. The first kappa shape index (κ1) is 36.1. The SMILES string of the molecule is CC(C)(C)NC(=O)C1CC2CCCCC2CN1C[C@@H](O)[C@H](Cc1ccccc1)NC(=O)[C@H](CC(N)=O)CC(=O)c1ccc2ccccc2n1. The number of carbonyl (C=O) groups excluding carboxylic acids is 4. The van der Waals surface area contributed by atoms with Gasteiger partial charge in [0.05, 0.1) is 29.6 Å². The molecule has 2 fully saturated rings. The number of hydrogen-bond donors (Lipinski definition) is 4. The van der Waals surface area contributed by atoms with Crippen LogP contribution in [0.15, 0.2) is 66.7 Å². The normalized spacial score (nSPS) is 21.6. The zero-order valence-electron chi connectivity index (χ0n) is 28.9. The van der Waals surface area contributed by atoms with E-state index in [-0.39, 0.29) is 36.8 Å². The topological polar surface area (TPSA) is 155 Å². The maximum atomic E-state index is 13.9. The van der Waals surface area contributed by atoms with Gasteiger partial charge in [0.2, 0.25) is 17.7 Å². The van der Waals surface area contributed by atoms with Crippen molar-refractivity contribution in [3.8, 4) is 0 Å². The molecule has 2 heterocycles. The van der Waals surface area contributed by atoms with E-state index in [0.717, 1.165) is 36.6 Å². The first-order valence-corrected chi connectivity index (χ1v) is 17.6. The number of pyridine rings is 1. The molecule has 49 heavy (non-hydrogen) atoms. The van der Waals surface area contributed by atoms with Gasteiger partial charge in [0.1, 0.15) is 5.69 Å². The Morgan fingerprint density at radius 3 is 2.35 bits per heavy atom. The van der Waals surface area contributed by atoms with Crippen LogP contribution in [-0.2, 0) is 20.8 Å². The van der Waals surface area contributed by atoms with Crippen molar-refractivity contribution < 1.29 is 24.3 Å². The Bertz CT molecular complexity index is 1620. The van der Waals surface area contributed by atoms with Crippen LogP contribution in [0.3, 0.4) is 0 Å². The maximum absolute atomic E-state index is 13.9. The van der Waals surface area contributed by atoms with Crippen molar-refractivity contribution in [3.05, 3.63) is 78.0 Å². The summed E-state index contributed by atoms with van der Waals surface area (Å²) in [5, 5.41) is 18.9. The number of fused-ring (bicyclic) bond motifs is 2. The lowest BCUT2D eigenvalue weighted by Crippen LogP contribution is -2.60. The third-order valence-electron chi connectivity index (χ3n) is 9.95. The number of para-hydroxylation sites is 1. The van der Waals surface area contributed by atoms with Crippen LogP contribution in [0.5, 0.6) is 0 Å². The molecule has 5 rings (SSSR count). The molecule has 5 N–H and O–H groups in total. The number of nitrogens with two attached hydrogens (primary N) is 1. The van der Waals surface area contributed by atoms with Gasteiger partial charge in [-0.2, -0.15) is 0 Å². The molecule has 1 saturated heterocycles. The van der Waals surface area contributed by atoms with E-state index in [0.29, 0.717) is 30.3 Å². The second kappa shape index (κ2) is 16.0. The summed E-state index contributed by atoms with van der Waals surface area (Å²) >= 11 is 0. The summed E-state index contributed by atoms with van der Waals surface area (Å²) in [6, 6.07) is 19.2. The molecule has 3 aromatic rings. The fourth-order valence-electron chi connectivity index (χ4n) is 7.50. The lowest BCUT2D eigenvalue weighted by Gasteiger charge is -2.47. The van der Waals surface area contributed by atoms with Gasteiger partial charge in [-0.3, -0.25) is 24.1 Å². The van der Waals surface area contributed by atoms with E-state index < -0.39 is 41.5 Å². The van der Waals surface area contributed by atoms with Gasteiger partial charge in [0.25, 0.3) is 0 Å². The van der Waals surface area contributed by atoms with Gasteiger partial charge >= 0.3 is 0 Å². The number of aliphatic hydroxyl groups excluding tert-OH is 1. The number of nitrogens with one attached hydrogen (secondary N) is 2. The quantitative estimate of drug-likeness (QED) is 0.199. The molecular formula is C39H51N5O5. The van der Waals surface area contributed by atoms with Gasteiger partial charge < -0.3 is 21.5 Å². The highest BCUT2D eigenvalue weighted by molar-refractivity contribution is 5.99. The molecule has 1 aliphatic heterocycles. The highest BCUT2D eigenvalue weighted by atomic mass is 16.3. The summed E-state index contributed by atoms with van der Waals surface area (Å²) in [5.74, 6) is -1.79. The number of β-amino-alcohol motifs (C(OH)–C–C–N with tert-alkyl or cyclic N) is 1. The lowest BCUT2D eigenvalue weighted by atomic mass is 9.72. The third kappa shape index (κ3) is 9.95. The first-order chi connectivity index (χ1) is 23.4. The van der Waals surface area contributed by atoms with Gasteiger partial charge in [-0.1, -0.05) is 73.9 Å². The van der Waals surface area contributed by atoms with Gasteiger partial charge in [-0.25, -0.2) is 4.98 Å². The number of primary amides is 1. The van der Waals surface area contributed by atoms with Gasteiger partial charge in [-0.15, -0.1) is 0 Å². The van der Waals surface area contributed by atoms with Gasteiger partial charge in [-0.05, 0) is 69.6 Å². The summed E-state index contributed by atoms with van der Waals surface area (Å²) in [7, 11) is 0. The Labute approximate surface area is 289 Å². The molecule has 0 radical (unpaired) electrons. The molecule has 10 heteroatoms. The number of aliphatic hydroxyl groups is 1. The molecule has 1 aromatic heterocycles. The monoisotopic (exact) mass is 669 g/mol. The minimum absolute atomic E-state index is 0.0466. The van der Waals surface area contributed by atoms with Crippen LogP contribution in [0.4, 0.5) is 0 Å². The van der Waals surface area contributed by atoms with Crippen molar-refractivity contribution in [2.24, 2.45) is 23.5 Å². The highest BCUT2D eigenvalue weighted by Crippen LogP contribution is 2.39. The Morgan fingerprint density at radius 2 is 1.63 bits per heavy atom. The fraction of sp³-hybridized carbons (Fsp3) is 0.513. The van der Waals surface area contributed by atoms with E-state index >= 15 is 0 Å². The number of ketones is 1. The Morgan fingerprint density at radius 1 is 0.939 bits per heavy atom. The maximum Gasteiger partial charge on any atom is 0.237 e. The standard InChI is InChI=1S/C39H51N5O5/c1-39(2,3)43-38(49)33-20-27-14-7-8-15-28(27)23-44(33)24-35(46)32(19-25-11-5-4-6-12-25)42-37(48)29(22-36(40)47)21-34(45)31-18-17-26-13-9-10-16-30(26)41-31/h4-6,9-13,16-18,27-29,32-33,35,46H,7-8,14-15,19-24H2,1-3H3,(H2,40,47)(H,42,48)(H,43,49)/t27?,28?,29-,32-,33?,35+/m0/s1. The molecule has 0 bridgehead atoms. The third-order valence-corrected chi connectivity index (χ3v) is 9.95. The Balaban J connectivity index is 1.35. The first-order valence-electron chi connectivity index (χ1n) is 17.6. The molecule has 3 unspecified atom stereocenters. The number of aromatic nitrogens is 1. The molecule has 0 spiro atoms. The molecule has 10 nitrogen and oxygen atoms in total. The number of amides is 3. The number of Topliss-reactive ketones (excluding diaryl/α,β-unsaturated/α-hetero) is 1. The number of nitrogens with zero attached hydrogens (tertiary/aromatic N) is 2. The molecule has 6 atom stereocenters. The number of benzene rings is 2. The average molecular weight is 670 g/mol. The van der Waals surface area contributed by atoms with E-state index in [1.807, 2.05) is 75.4 Å². The lowest BCUT2D eigenvalue weighted by molar-refractivity contribution is -0.133. The molecule has 2 aromatic carbocycles. The zero-order chi connectivity index (χ0) is 35.1. The number of piperidine rings is 1. The number of hydrogen-bond acceptors (Lipinski definition) is 7. The van der Waals surface area contributed by atoms with E-state index in [4.69, 9.17) is 5.73 Å². The van der Waals surface area contributed by atoms with E-state index in [1.165, 1.54) is 6.42 Å². The van der Waals surface area contributed by atoms with E-state index in [9.17, 15) is 24.3 Å². The van der Waals surface area contributed by atoms with Crippen LogP contribution in [0.2, 0.25) is 0 Å². The van der Waals surface area contributed by atoms with E-state index in [1.54, 1.807) is 12.1 Å². The summed E-state index contributed by atoms with van der Waals surface area (Å²) < 4.78 is 0. The van der Waals surface area contributed by atoms with Crippen LogP contribution < -0.4 is 16.4 Å². The van der Waals surface area contributed by atoms with Gasteiger partial charge in [0, 0.05) is 36.9 Å². The number of likely N-dealkylation sites (tertiary alicyclic amines) is 1. The predicted molar refractivity (Wildman–Crippen MR) is 189 cm³/mol. The second-order valence-electron chi connectivity index (χ2n) is 15.0. The molecule has 1 saturated carbocycles. The summed E-state index contributed by atoms with van der Waals surface area (Å²) in [5.41, 5.74) is 6.92. The highest BCUT2D eigenvalue weighted by Gasteiger charge is 2.42. The van der Waals surface area contributed by atoms with Crippen LogP contribution in [0.1, 0.15) is 81.8 Å². The van der Waals surface area contributed by atoms with Crippen LogP contribution in [0.25, 0.3) is 10.9 Å². The molecule has 1 aliphatic carbocycles. The minimum atomic E-state index is -1.05. The average Bonchev–Trinajstić information content (AvgIpc) is 3.06. The number of rotatable bonds is 13. The summed E-state index contributed by atoms with van der Waals surface area (Å²) in [6.07, 6.45) is 3.97. The van der Waals surface area contributed by atoms with Crippen molar-refractivity contribution >= 4 is 34.4 Å². The molecule has 262 valence electrons. The van der Waals surface area contributed by atoms with Gasteiger partial charge in [0.15, 0.2) is 5.78 Å². The fourth-order valence-corrected chi connectivity index (χ4v) is 7.50. The smallest absolute Gasteiger partial charge is 0.237 e. The van der Waals surface area contributed by atoms with Crippen LogP contribution in [-0.4, -0.2) is 75.3 Å². The number of carbonyl (C=O) groups is 4. The summed E-state index contributed by atoms with van der Waals surface area (Å²) in [6.45, 7) is 6.78. The van der Waals surface area contributed by atoms with Crippen molar-refractivity contribution in [1.29, 1.82) is 0 Å². The van der Waals surface area contributed by atoms with E-state index in [2.05, 4.69) is 20.5 Å². The Hall–Kier alpha value is -4.15. The zero-order valence-corrected chi connectivity index (χ0v) is 28.9. The van der Waals surface area contributed by atoms with Crippen LogP contribution in [0, 0.1) is 17.8 Å². The summed E-state index contributed by atoms with van der Waals surface area (Å²) in [4.78, 5) is 59.6. The Kier molecular flexibility index (Phi) is 11.8. The molecular weight excluding hydrogens is 618 g/mol. The van der Waals surface area contributed by atoms with Crippen molar-refractivity contribution in [1.82, 2.24) is 20.5 Å². The predicted octanol–water partition coefficient (Wildman–Crippen LogP) is 4.18. The largest absolute Gasteiger partial charge is 0.390 e. The molecule has 2 aliphatic rings. The second-order valence-corrected chi connectivity index (χ2v) is 15.0. The van der Waals surface area contributed by atoms with Crippen LogP contribution >= 0.6 is 0 Å². The van der Waals surface area contributed by atoms with Crippen molar-refractivity contribution in [2.45, 2.75) is 95.9 Å². The van der Waals surface area contributed by atoms with Crippen molar-refractivity contribution in [2.75, 3.05) is 13.1 Å².